The third-order valence-corrected chi connectivity index (χ3v) is 5.34. The maximum atomic E-state index is 10.2. The lowest BCUT2D eigenvalue weighted by molar-refractivity contribution is -0.145. The summed E-state index contributed by atoms with van der Waals surface area (Å²) in [4.78, 5) is 0. The van der Waals surface area contributed by atoms with Crippen LogP contribution in [-0.2, 0) is 15.1 Å². The van der Waals surface area contributed by atoms with Gasteiger partial charge in [0.25, 0.3) is 0 Å². The Morgan fingerprint density at radius 2 is 1.07 bits per heavy atom. The highest BCUT2D eigenvalue weighted by molar-refractivity contribution is 5.47. The van der Waals surface area contributed by atoms with Gasteiger partial charge >= 0.3 is 0 Å². The van der Waals surface area contributed by atoms with E-state index in [0.717, 1.165) is 16.7 Å². The minimum atomic E-state index is -1.43. The third kappa shape index (κ3) is 3.71. The zero-order valence-electron chi connectivity index (χ0n) is 15.8. The third-order valence-electron chi connectivity index (χ3n) is 5.34. The van der Waals surface area contributed by atoms with Crippen molar-refractivity contribution in [2.45, 2.75) is 30.2 Å². The van der Waals surface area contributed by atoms with Crippen molar-refractivity contribution in [1.29, 1.82) is 0 Å². The van der Waals surface area contributed by atoms with Gasteiger partial charge in [0.05, 0.1) is 6.61 Å². The number of aliphatic hydroxyl groups is 3. The quantitative estimate of drug-likeness (QED) is 0.562. The van der Waals surface area contributed by atoms with E-state index >= 15 is 0 Å². The molecule has 3 N–H and O–H groups in total. The molecule has 150 valence electrons. The van der Waals surface area contributed by atoms with Gasteiger partial charge in [-0.1, -0.05) is 91.0 Å². The molecule has 5 heteroatoms. The van der Waals surface area contributed by atoms with Crippen molar-refractivity contribution < 1.29 is 24.8 Å². The Hall–Kier alpha value is -2.54. The number of benzene rings is 3. The van der Waals surface area contributed by atoms with E-state index in [1.807, 2.05) is 91.0 Å². The molecule has 0 bridgehead atoms. The van der Waals surface area contributed by atoms with Crippen LogP contribution in [0.25, 0.3) is 0 Å². The molecular formula is C24H24O5. The van der Waals surface area contributed by atoms with Crippen LogP contribution in [-0.4, -0.2) is 46.5 Å². The van der Waals surface area contributed by atoms with E-state index in [2.05, 4.69) is 0 Å². The van der Waals surface area contributed by atoms with Crippen LogP contribution in [0, 0.1) is 0 Å². The van der Waals surface area contributed by atoms with Crippen molar-refractivity contribution in [2.24, 2.45) is 0 Å². The summed E-state index contributed by atoms with van der Waals surface area (Å²) in [6, 6.07) is 29.5. The maximum Gasteiger partial charge on any atom is 0.184 e. The minimum Gasteiger partial charge on any atom is -0.387 e. The first-order chi connectivity index (χ1) is 14.1. The van der Waals surface area contributed by atoms with E-state index in [-0.39, 0.29) is 6.61 Å². The highest BCUT2D eigenvalue weighted by Gasteiger charge is 2.44. The van der Waals surface area contributed by atoms with Gasteiger partial charge in [0, 0.05) is 0 Å². The highest BCUT2D eigenvalue weighted by atomic mass is 16.7. The second kappa shape index (κ2) is 8.45. The zero-order valence-corrected chi connectivity index (χ0v) is 15.8. The summed E-state index contributed by atoms with van der Waals surface area (Å²) in [5.41, 5.74) is 1.81. The minimum absolute atomic E-state index is 0.0199. The molecule has 5 nitrogen and oxygen atoms in total. The van der Waals surface area contributed by atoms with Gasteiger partial charge in [-0.05, 0) is 16.7 Å². The smallest absolute Gasteiger partial charge is 0.184 e. The Kier molecular flexibility index (Phi) is 5.76. The summed E-state index contributed by atoms with van der Waals surface area (Å²) in [6.45, 7) is -0.0199. The van der Waals surface area contributed by atoms with Crippen LogP contribution in [0.4, 0.5) is 0 Å². The summed E-state index contributed by atoms with van der Waals surface area (Å²) in [5.74, 6) is 0. The number of ether oxygens (including phenoxy) is 2. The molecule has 29 heavy (non-hydrogen) atoms. The van der Waals surface area contributed by atoms with E-state index in [0.29, 0.717) is 0 Å². The van der Waals surface area contributed by atoms with Gasteiger partial charge in [-0.25, -0.2) is 0 Å². The van der Waals surface area contributed by atoms with E-state index in [4.69, 9.17) is 9.47 Å². The van der Waals surface area contributed by atoms with E-state index < -0.39 is 30.2 Å². The SMILES string of the molecule is OC1O[C@@H](COC(c2ccccc2)(c2ccccc2)c2ccccc2)[C@H](O)[C@@H]1O. The van der Waals surface area contributed by atoms with Gasteiger partial charge < -0.3 is 24.8 Å². The molecule has 1 heterocycles. The van der Waals surface area contributed by atoms with Gasteiger partial charge in [-0.3, -0.25) is 0 Å². The summed E-state index contributed by atoms with van der Waals surface area (Å²) in [6.07, 6.45) is -4.87. The Morgan fingerprint density at radius 1 is 0.655 bits per heavy atom. The second-order valence-electron chi connectivity index (χ2n) is 7.14. The summed E-state index contributed by atoms with van der Waals surface area (Å²) in [5, 5.41) is 29.8. The fourth-order valence-corrected chi connectivity index (χ4v) is 3.84. The topological polar surface area (TPSA) is 79.2 Å². The molecule has 4 rings (SSSR count). The van der Waals surface area contributed by atoms with Gasteiger partial charge in [0.2, 0.25) is 0 Å². The lowest BCUT2D eigenvalue weighted by Crippen LogP contribution is -2.39. The van der Waals surface area contributed by atoms with E-state index in [1.54, 1.807) is 0 Å². The molecule has 1 aliphatic rings. The van der Waals surface area contributed by atoms with Crippen LogP contribution in [0.3, 0.4) is 0 Å². The van der Waals surface area contributed by atoms with Crippen LogP contribution < -0.4 is 0 Å². The van der Waals surface area contributed by atoms with E-state index in [9.17, 15) is 15.3 Å². The Bertz CT molecular complexity index is 804. The summed E-state index contributed by atoms with van der Waals surface area (Å²) in [7, 11) is 0. The predicted molar refractivity (Wildman–Crippen MR) is 108 cm³/mol. The van der Waals surface area contributed by atoms with Crippen molar-refractivity contribution in [3.8, 4) is 0 Å². The van der Waals surface area contributed by atoms with Crippen molar-refractivity contribution in [1.82, 2.24) is 0 Å². The summed E-state index contributed by atoms with van der Waals surface area (Å²) >= 11 is 0. The normalized spacial score (nSPS) is 24.5. The van der Waals surface area contributed by atoms with Gasteiger partial charge in [-0.15, -0.1) is 0 Å². The lowest BCUT2D eigenvalue weighted by Gasteiger charge is -2.37. The largest absolute Gasteiger partial charge is 0.387 e. The van der Waals surface area contributed by atoms with E-state index in [1.165, 1.54) is 0 Å². The molecule has 0 aromatic heterocycles. The van der Waals surface area contributed by atoms with Crippen molar-refractivity contribution in [3.63, 3.8) is 0 Å². The molecule has 3 aromatic rings. The molecule has 0 amide bonds. The van der Waals surface area contributed by atoms with Gasteiger partial charge in [-0.2, -0.15) is 0 Å². The number of hydrogen-bond donors (Lipinski definition) is 3. The number of aliphatic hydroxyl groups excluding tert-OH is 3. The van der Waals surface area contributed by atoms with Crippen molar-refractivity contribution >= 4 is 0 Å². The fourth-order valence-electron chi connectivity index (χ4n) is 3.84. The average molecular weight is 392 g/mol. The second-order valence-corrected chi connectivity index (χ2v) is 7.14. The Morgan fingerprint density at radius 3 is 1.41 bits per heavy atom. The molecule has 1 fully saturated rings. The molecule has 1 aliphatic heterocycles. The van der Waals surface area contributed by atoms with Crippen LogP contribution in [0.2, 0.25) is 0 Å². The molecule has 0 spiro atoms. The van der Waals surface area contributed by atoms with Crippen LogP contribution >= 0.6 is 0 Å². The maximum absolute atomic E-state index is 10.2. The molecule has 0 saturated carbocycles. The number of hydrogen-bond acceptors (Lipinski definition) is 5. The van der Waals surface area contributed by atoms with Crippen molar-refractivity contribution in [3.05, 3.63) is 108 Å². The standard InChI is InChI=1S/C24H24O5/c25-21-20(29-23(27)22(21)26)16-28-24(17-10-4-1-5-11-17,18-12-6-2-7-13-18)19-14-8-3-9-15-19/h1-15,20-23,25-27H,16H2/t20-,21-,22-,23?/m0/s1. The molecule has 1 unspecified atom stereocenters. The first-order valence-electron chi connectivity index (χ1n) is 9.63. The van der Waals surface area contributed by atoms with Crippen molar-refractivity contribution in [2.75, 3.05) is 6.61 Å². The molecule has 1 saturated heterocycles. The molecule has 4 atom stereocenters. The van der Waals surface area contributed by atoms with Gasteiger partial charge in [0.1, 0.15) is 23.9 Å². The monoisotopic (exact) mass is 392 g/mol. The molecule has 3 aromatic carbocycles. The number of rotatable bonds is 6. The Balaban J connectivity index is 1.80. The van der Waals surface area contributed by atoms with Gasteiger partial charge in [0.15, 0.2) is 6.29 Å². The zero-order chi connectivity index (χ0) is 20.3. The molecule has 0 radical (unpaired) electrons. The van der Waals surface area contributed by atoms with Crippen LogP contribution in [0.5, 0.6) is 0 Å². The average Bonchev–Trinajstić information content (AvgIpc) is 3.03. The summed E-state index contributed by atoms with van der Waals surface area (Å²) < 4.78 is 11.9. The Labute approximate surface area is 169 Å². The lowest BCUT2D eigenvalue weighted by atomic mass is 9.80. The van der Waals surface area contributed by atoms with Crippen LogP contribution in [0.15, 0.2) is 91.0 Å². The molecule has 0 aliphatic carbocycles. The fraction of sp³-hybridized carbons (Fsp3) is 0.250. The highest BCUT2D eigenvalue weighted by Crippen LogP contribution is 2.41. The molecular weight excluding hydrogens is 368 g/mol. The predicted octanol–water partition coefficient (Wildman–Crippen LogP) is 2.43. The first kappa shape index (κ1) is 19.8. The first-order valence-corrected chi connectivity index (χ1v) is 9.63. The van der Waals surface area contributed by atoms with Crippen LogP contribution in [0.1, 0.15) is 16.7 Å².